The van der Waals surface area contributed by atoms with Crippen molar-refractivity contribution in [2.45, 2.75) is 33.7 Å². The topological polar surface area (TPSA) is 82.0 Å². The maximum atomic E-state index is 10.8. The van der Waals surface area contributed by atoms with E-state index in [0.717, 1.165) is 17.7 Å². The molecule has 120 valence electrons. The summed E-state index contributed by atoms with van der Waals surface area (Å²) in [7, 11) is 0. The van der Waals surface area contributed by atoms with Crippen LogP contribution in [0.2, 0.25) is 0 Å². The van der Waals surface area contributed by atoms with Crippen LogP contribution in [0.15, 0.2) is 11.7 Å². The molecule has 0 aliphatic heterocycles. The van der Waals surface area contributed by atoms with Crippen molar-refractivity contribution in [3.8, 4) is 0 Å². The molecule has 0 aliphatic carbocycles. The van der Waals surface area contributed by atoms with Crippen molar-refractivity contribution < 1.29 is 31.1 Å². The predicted octanol–water partition coefficient (Wildman–Crippen LogP) is -1.82. The van der Waals surface area contributed by atoms with Gasteiger partial charge in [0.25, 0.3) is 0 Å². The second kappa shape index (κ2) is 8.19. The third-order valence-corrected chi connectivity index (χ3v) is 4.29. The van der Waals surface area contributed by atoms with Crippen LogP contribution in [0.25, 0.3) is 0 Å². The van der Waals surface area contributed by atoms with E-state index in [-0.39, 0.29) is 23.0 Å². The molecule has 0 saturated heterocycles. The Kier molecular flexibility index (Phi) is 6.89. The quantitative estimate of drug-likeness (QED) is 0.483. The number of thiazole rings is 1. The molecule has 0 fully saturated rings. The van der Waals surface area contributed by atoms with Crippen molar-refractivity contribution in [3.05, 3.63) is 33.7 Å². The lowest BCUT2D eigenvalue weighted by Crippen LogP contribution is -3.00. The first-order valence-electron chi connectivity index (χ1n) is 6.65. The lowest BCUT2D eigenvalue weighted by atomic mass is 10.2. The number of carbonyl (C=O) groups is 1. The third-order valence-electron chi connectivity index (χ3n) is 3.15. The van der Waals surface area contributed by atoms with Gasteiger partial charge in [0.1, 0.15) is 11.6 Å². The van der Waals surface area contributed by atoms with E-state index in [4.69, 9.17) is 10.5 Å². The molecule has 8 heteroatoms. The van der Waals surface area contributed by atoms with Gasteiger partial charge in [-0.3, -0.25) is 4.79 Å². The number of halogens is 1. The largest absolute Gasteiger partial charge is 1.00 e. The standard InChI is InChI=1S/C14H19N4O2S.BrH/c1-9-13(4-5-20-11(3)19)21-8-18(9)7-12-6-16-10(2)17-14(12)15;/h6,8H,4-5,7H2,1-3H3,(H2,15,16,17);1H/q+1;/p-1. The molecule has 2 N–H and O–H groups in total. The van der Waals surface area contributed by atoms with E-state index in [2.05, 4.69) is 14.5 Å². The third kappa shape index (κ3) is 4.74. The summed E-state index contributed by atoms with van der Waals surface area (Å²) in [5.74, 6) is 0.939. The van der Waals surface area contributed by atoms with E-state index in [0.29, 0.717) is 24.8 Å². The fourth-order valence-electron chi connectivity index (χ4n) is 1.95. The lowest BCUT2D eigenvalue weighted by molar-refractivity contribution is -0.689. The Labute approximate surface area is 144 Å². The molecule has 0 atom stereocenters. The van der Waals surface area contributed by atoms with Crippen molar-refractivity contribution in [3.63, 3.8) is 0 Å². The monoisotopic (exact) mass is 386 g/mol. The summed E-state index contributed by atoms with van der Waals surface area (Å²) in [6.07, 6.45) is 2.49. The summed E-state index contributed by atoms with van der Waals surface area (Å²) in [5, 5.41) is 0. The van der Waals surface area contributed by atoms with Crippen molar-refractivity contribution in [2.75, 3.05) is 12.3 Å². The Balaban J connectivity index is 0.00000242. The number of aromatic nitrogens is 3. The molecule has 0 aliphatic rings. The summed E-state index contributed by atoms with van der Waals surface area (Å²) in [6.45, 7) is 6.33. The Morgan fingerprint density at radius 2 is 2.18 bits per heavy atom. The second-order valence-corrected chi connectivity index (χ2v) is 5.72. The zero-order valence-corrected chi connectivity index (χ0v) is 15.2. The van der Waals surface area contributed by atoms with Crippen LogP contribution in [-0.2, 0) is 22.5 Å². The molecular formula is C14H19BrN4O2S. The maximum Gasteiger partial charge on any atom is 0.302 e. The molecule has 6 nitrogen and oxygen atoms in total. The first-order chi connectivity index (χ1) is 9.97. The molecule has 2 aromatic heterocycles. The van der Waals surface area contributed by atoms with Gasteiger partial charge in [-0.15, -0.1) is 0 Å². The van der Waals surface area contributed by atoms with Gasteiger partial charge in [-0.2, -0.15) is 4.57 Å². The first kappa shape index (κ1) is 18.5. The summed E-state index contributed by atoms with van der Waals surface area (Å²) >= 11 is 1.65. The summed E-state index contributed by atoms with van der Waals surface area (Å²) in [6, 6.07) is 0. The SMILES string of the molecule is CC(=O)OCCc1sc[n+](Cc2cnc(C)nc2N)c1C.[Br-]. The maximum absolute atomic E-state index is 10.8. The number of nitrogen functional groups attached to an aromatic ring is 1. The number of carbonyl (C=O) groups excluding carboxylic acids is 1. The van der Waals surface area contributed by atoms with Gasteiger partial charge < -0.3 is 27.5 Å². The lowest BCUT2D eigenvalue weighted by Gasteiger charge is -2.02. The highest BCUT2D eigenvalue weighted by Gasteiger charge is 2.17. The van der Waals surface area contributed by atoms with Crippen LogP contribution in [0.3, 0.4) is 0 Å². The fraction of sp³-hybridized carbons (Fsp3) is 0.429. The molecule has 2 rings (SSSR count). The van der Waals surface area contributed by atoms with E-state index >= 15 is 0 Å². The van der Waals surface area contributed by atoms with E-state index in [9.17, 15) is 4.79 Å². The smallest absolute Gasteiger partial charge is 0.302 e. The normalized spacial score (nSPS) is 10.1. The predicted molar refractivity (Wildman–Crippen MR) is 79.9 cm³/mol. The van der Waals surface area contributed by atoms with Gasteiger partial charge in [0, 0.05) is 26.5 Å². The van der Waals surface area contributed by atoms with Crippen LogP contribution in [0.4, 0.5) is 5.82 Å². The molecule has 0 unspecified atom stereocenters. The van der Waals surface area contributed by atoms with Crippen LogP contribution in [0.1, 0.15) is 28.9 Å². The average Bonchev–Trinajstić information content (AvgIpc) is 2.74. The van der Waals surface area contributed by atoms with E-state index in [1.165, 1.54) is 11.8 Å². The van der Waals surface area contributed by atoms with E-state index in [1.54, 1.807) is 17.5 Å². The molecular weight excluding hydrogens is 368 g/mol. The van der Waals surface area contributed by atoms with Gasteiger partial charge in [-0.25, -0.2) is 9.97 Å². The molecule has 0 radical (unpaired) electrons. The summed E-state index contributed by atoms with van der Waals surface area (Å²) in [4.78, 5) is 20.3. The molecule has 2 heterocycles. The highest BCUT2D eigenvalue weighted by molar-refractivity contribution is 7.09. The van der Waals surface area contributed by atoms with Gasteiger partial charge in [-0.1, -0.05) is 11.3 Å². The molecule has 2 aromatic rings. The number of esters is 1. The highest BCUT2D eigenvalue weighted by atomic mass is 79.9. The number of hydrogen-bond donors (Lipinski definition) is 1. The van der Waals surface area contributed by atoms with Crippen LogP contribution in [-0.4, -0.2) is 22.5 Å². The van der Waals surface area contributed by atoms with Gasteiger partial charge >= 0.3 is 5.97 Å². The molecule has 0 saturated carbocycles. The van der Waals surface area contributed by atoms with Gasteiger partial charge in [0.05, 0.1) is 17.0 Å². The van der Waals surface area contributed by atoms with E-state index < -0.39 is 0 Å². The van der Waals surface area contributed by atoms with Crippen molar-refractivity contribution >= 4 is 23.1 Å². The summed E-state index contributed by atoms with van der Waals surface area (Å²) < 4.78 is 7.09. The Morgan fingerprint density at radius 1 is 1.45 bits per heavy atom. The van der Waals surface area contributed by atoms with Gasteiger partial charge in [0.15, 0.2) is 12.2 Å². The van der Waals surface area contributed by atoms with Crippen LogP contribution in [0, 0.1) is 13.8 Å². The molecule has 0 amide bonds. The van der Waals surface area contributed by atoms with E-state index in [1.807, 2.05) is 19.4 Å². The minimum absolute atomic E-state index is 0. The Hall–Kier alpha value is -1.54. The highest BCUT2D eigenvalue weighted by Crippen LogP contribution is 2.14. The minimum atomic E-state index is -0.248. The van der Waals surface area contributed by atoms with Gasteiger partial charge in [-0.05, 0) is 6.92 Å². The number of ether oxygens (including phenoxy) is 1. The number of nitrogens with zero attached hydrogens (tertiary/aromatic N) is 3. The van der Waals surface area contributed by atoms with Crippen molar-refractivity contribution in [2.24, 2.45) is 0 Å². The molecule has 22 heavy (non-hydrogen) atoms. The van der Waals surface area contributed by atoms with Crippen molar-refractivity contribution in [1.29, 1.82) is 0 Å². The molecule has 0 bridgehead atoms. The zero-order valence-electron chi connectivity index (χ0n) is 12.8. The number of nitrogens with two attached hydrogens (primary N) is 1. The number of hydrogen-bond acceptors (Lipinski definition) is 6. The number of aryl methyl sites for hydroxylation is 1. The molecule has 0 aromatic carbocycles. The fourth-order valence-corrected chi connectivity index (χ4v) is 2.93. The van der Waals surface area contributed by atoms with Crippen LogP contribution >= 0.6 is 11.3 Å². The number of rotatable bonds is 5. The number of anilines is 1. The average molecular weight is 387 g/mol. The Morgan fingerprint density at radius 3 is 2.82 bits per heavy atom. The van der Waals surface area contributed by atoms with Gasteiger partial charge in [0.2, 0.25) is 5.51 Å². The second-order valence-electron chi connectivity index (χ2n) is 4.78. The minimum Gasteiger partial charge on any atom is -1.00 e. The Bertz CT molecular complexity index is 660. The summed E-state index contributed by atoms with van der Waals surface area (Å²) in [5.41, 5.74) is 10.0. The van der Waals surface area contributed by atoms with Crippen LogP contribution in [0.5, 0.6) is 0 Å². The zero-order chi connectivity index (χ0) is 15.4. The van der Waals surface area contributed by atoms with Crippen molar-refractivity contribution in [1.82, 2.24) is 9.97 Å². The van der Waals surface area contributed by atoms with Crippen LogP contribution < -0.4 is 27.3 Å². The first-order valence-corrected chi connectivity index (χ1v) is 7.53. The molecule has 0 spiro atoms.